The van der Waals surface area contributed by atoms with Gasteiger partial charge in [0.25, 0.3) is 0 Å². The molecule has 338 valence electrons. The van der Waals surface area contributed by atoms with Crippen molar-refractivity contribution in [3.8, 4) is 5.75 Å². The Morgan fingerprint density at radius 3 is 2.06 bits per heavy atom. The topological polar surface area (TPSA) is 132 Å². The van der Waals surface area contributed by atoms with E-state index >= 15 is 0 Å². The van der Waals surface area contributed by atoms with Crippen LogP contribution < -0.4 is 15.0 Å². The molecule has 6 rings (SSSR count). The number of ether oxygens (including phenoxy) is 4. The van der Waals surface area contributed by atoms with Crippen LogP contribution >= 0.6 is 0 Å². The van der Waals surface area contributed by atoms with Crippen molar-refractivity contribution in [3.05, 3.63) is 112 Å². The van der Waals surface area contributed by atoms with E-state index < -0.39 is 89.6 Å². The van der Waals surface area contributed by atoms with E-state index in [1.807, 2.05) is 0 Å². The van der Waals surface area contributed by atoms with E-state index in [2.05, 4.69) is 15.3 Å². The molecular weight excluding hydrogens is 857 g/mol. The first-order valence-electron chi connectivity index (χ1n) is 19.5. The van der Waals surface area contributed by atoms with E-state index in [1.54, 1.807) is 44.2 Å². The SMILES string of the molecule is CCOC(=O)N1c2ccc(C(F)(F)F)cc2[C@@H](Nc2ncc(O[C@H]3C[C@@H](C(=O)OC)N(C(=O)OCc4ccccc4)C3)c(Cc3cc(C(F)(F)F)cc(C(F)(F)F)c3)n2)C[C@H]1CC. The lowest BCUT2D eigenvalue weighted by atomic mass is 9.89. The number of hydrogen-bond acceptors (Lipinski definition) is 10. The summed E-state index contributed by atoms with van der Waals surface area (Å²) in [7, 11) is 1.09. The Hall–Kier alpha value is -6.28. The zero-order valence-corrected chi connectivity index (χ0v) is 33.7. The number of carbonyl (C=O) groups excluding carboxylic acids is 3. The smallest absolute Gasteiger partial charge is 0.416 e. The summed E-state index contributed by atoms with van der Waals surface area (Å²) in [6.07, 6.45) is -17.4. The van der Waals surface area contributed by atoms with Gasteiger partial charge in [-0.3, -0.25) is 9.80 Å². The summed E-state index contributed by atoms with van der Waals surface area (Å²) in [5.74, 6) is -1.40. The third-order valence-electron chi connectivity index (χ3n) is 10.4. The second-order valence-corrected chi connectivity index (χ2v) is 14.6. The number of alkyl halides is 9. The average molecular weight is 898 g/mol. The first kappa shape index (κ1) is 46.2. The maximum Gasteiger partial charge on any atom is 0.416 e. The predicted molar refractivity (Wildman–Crippen MR) is 205 cm³/mol. The number of amides is 2. The molecule has 0 spiro atoms. The molecule has 3 heterocycles. The van der Waals surface area contributed by atoms with Gasteiger partial charge in [-0.05, 0) is 72.9 Å². The van der Waals surface area contributed by atoms with Crippen LogP contribution in [-0.2, 0) is 50.6 Å². The Labute approximate surface area is 354 Å². The molecule has 12 nitrogen and oxygen atoms in total. The number of esters is 1. The Morgan fingerprint density at radius 2 is 1.46 bits per heavy atom. The molecule has 0 aliphatic carbocycles. The summed E-state index contributed by atoms with van der Waals surface area (Å²) in [5.41, 5.74) is -4.26. The number of likely N-dealkylation sites (tertiary alicyclic amines) is 1. The summed E-state index contributed by atoms with van der Waals surface area (Å²) in [5, 5.41) is 2.95. The molecule has 63 heavy (non-hydrogen) atoms. The fourth-order valence-corrected chi connectivity index (χ4v) is 7.45. The quantitative estimate of drug-likeness (QED) is 0.0882. The van der Waals surface area contributed by atoms with Crippen LogP contribution in [0.2, 0.25) is 0 Å². The van der Waals surface area contributed by atoms with Crippen LogP contribution in [0.15, 0.2) is 72.9 Å². The van der Waals surface area contributed by atoms with Gasteiger partial charge in [0, 0.05) is 18.9 Å². The van der Waals surface area contributed by atoms with Crippen molar-refractivity contribution in [1.82, 2.24) is 14.9 Å². The van der Waals surface area contributed by atoms with E-state index in [0.29, 0.717) is 24.1 Å². The van der Waals surface area contributed by atoms with Gasteiger partial charge in [-0.1, -0.05) is 37.3 Å². The number of rotatable bonds is 11. The van der Waals surface area contributed by atoms with E-state index in [-0.39, 0.29) is 67.3 Å². The molecule has 2 amide bonds. The minimum atomic E-state index is -5.18. The first-order chi connectivity index (χ1) is 29.7. The van der Waals surface area contributed by atoms with Crippen LogP contribution in [0, 0.1) is 0 Å². The molecule has 4 aromatic rings. The van der Waals surface area contributed by atoms with Gasteiger partial charge in [-0.25, -0.2) is 24.4 Å². The molecule has 0 bridgehead atoms. The van der Waals surface area contributed by atoms with Crippen LogP contribution in [0.3, 0.4) is 0 Å². The number of carbonyl (C=O) groups is 3. The van der Waals surface area contributed by atoms with E-state index in [0.717, 1.165) is 36.4 Å². The maximum absolute atomic E-state index is 14.0. The second kappa shape index (κ2) is 18.6. The molecule has 1 aromatic heterocycles. The van der Waals surface area contributed by atoms with E-state index in [9.17, 15) is 53.9 Å². The van der Waals surface area contributed by atoms with Gasteiger partial charge in [-0.15, -0.1) is 0 Å². The summed E-state index contributed by atoms with van der Waals surface area (Å²) >= 11 is 0. The highest BCUT2D eigenvalue weighted by Crippen LogP contribution is 2.44. The lowest BCUT2D eigenvalue weighted by molar-refractivity contribution is -0.145. The largest absolute Gasteiger partial charge is 0.485 e. The minimum Gasteiger partial charge on any atom is -0.485 e. The van der Waals surface area contributed by atoms with Gasteiger partial charge in [0.2, 0.25) is 5.95 Å². The lowest BCUT2D eigenvalue weighted by Gasteiger charge is -2.40. The van der Waals surface area contributed by atoms with Gasteiger partial charge < -0.3 is 24.3 Å². The highest BCUT2D eigenvalue weighted by atomic mass is 19.4. The lowest BCUT2D eigenvalue weighted by Crippen LogP contribution is -2.46. The van der Waals surface area contributed by atoms with Crippen LogP contribution in [0.25, 0.3) is 0 Å². The monoisotopic (exact) mass is 897 g/mol. The fourth-order valence-electron chi connectivity index (χ4n) is 7.45. The van der Waals surface area contributed by atoms with Crippen LogP contribution in [-0.4, -0.2) is 71.5 Å². The van der Waals surface area contributed by atoms with Gasteiger partial charge in [-0.2, -0.15) is 39.5 Å². The Morgan fingerprint density at radius 1 is 0.794 bits per heavy atom. The summed E-state index contributed by atoms with van der Waals surface area (Å²) < 4.78 is 147. The number of nitrogens with zero attached hydrogens (tertiary/aromatic N) is 4. The van der Waals surface area contributed by atoms with Crippen molar-refractivity contribution < 1.29 is 72.8 Å². The van der Waals surface area contributed by atoms with Crippen molar-refractivity contribution in [1.29, 1.82) is 0 Å². The summed E-state index contributed by atoms with van der Waals surface area (Å²) in [6, 6.07) is 9.52. The number of anilines is 2. The molecule has 2 aliphatic heterocycles. The summed E-state index contributed by atoms with van der Waals surface area (Å²) in [4.78, 5) is 50.2. The van der Waals surface area contributed by atoms with Crippen molar-refractivity contribution in [2.75, 3.05) is 30.5 Å². The Bertz CT molecular complexity index is 2260. The number of halogens is 9. The van der Waals surface area contributed by atoms with Crippen molar-refractivity contribution in [2.24, 2.45) is 0 Å². The Kier molecular flexibility index (Phi) is 13.6. The van der Waals surface area contributed by atoms with Crippen LogP contribution in [0.4, 0.5) is 60.7 Å². The molecule has 3 aromatic carbocycles. The van der Waals surface area contributed by atoms with Crippen molar-refractivity contribution in [3.63, 3.8) is 0 Å². The average Bonchev–Trinajstić information content (AvgIpc) is 3.66. The van der Waals surface area contributed by atoms with E-state index in [1.165, 1.54) is 4.90 Å². The fraction of sp³-hybridized carbons (Fsp3) is 0.405. The molecule has 0 saturated carbocycles. The van der Waals surface area contributed by atoms with Gasteiger partial charge >= 0.3 is 36.7 Å². The molecule has 1 N–H and O–H groups in total. The predicted octanol–water partition coefficient (Wildman–Crippen LogP) is 9.75. The normalized spacial score (nSPS) is 19.0. The minimum absolute atomic E-state index is 0.000184. The molecule has 1 saturated heterocycles. The number of methoxy groups -OCH3 is 1. The highest BCUT2D eigenvalue weighted by molar-refractivity contribution is 5.90. The number of hydrogen-bond donors (Lipinski definition) is 1. The summed E-state index contributed by atoms with van der Waals surface area (Å²) in [6.45, 7) is 2.84. The third kappa shape index (κ3) is 10.9. The number of aromatic nitrogens is 2. The standard InChI is InChI=1S/C42H40F9N5O7/c1-4-28-18-31(30-17-25(40(43,44)45)11-12-33(30)56(28)39(59)61-5-2)53-37-52-20-35(32(54-37)15-24-13-26(41(46,47)48)16-27(14-24)42(49,50)51)63-29-19-34(36(57)60-3)55(21-29)38(58)62-22-23-9-7-6-8-10-23/h6-14,16-17,20,28-29,31,34H,4-5,15,18-19,21-22H2,1-3H3,(H,52,53,54)/t28-,29+,31+,34+/m1/s1. The van der Waals surface area contributed by atoms with Gasteiger partial charge in [0.15, 0.2) is 5.75 Å². The third-order valence-corrected chi connectivity index (χ3v) is 10.4. The number of fused-ring (bicyclic) bond motifs is 1. The first-order valence-corrected chi connectivity index (χ1v) is 19.5. The Balaban J connectivity index is 1.38. The van der Waals surface area contributed by atoms with Crippen LogP contribution in [0.1, 0.15) is 78.2 Å². The zero-order chi connectivity index (χ0) is 45.9. The maximum atomic E-state index is 14.0. The molecule has 1 fully saturated rings. The number of nitrogens with one attached hydrogen (secondary N) is 1. The molecule has 21 heteroatoms. The highest BCUT2D eigenvalue weighted by Gasteiger charge is 2.44. The van der Waals surface area contributed by atoms with E-state index in [4.69, 9.17) is 18.9 Å². The molecule has 0 radical (unpaired) electrons. The van der Waals surface area contributed by atoms with Crippen molar-refractivity contribution in [2.45, 2.75) is 88.9 Å². The van der Waals surface area contributed by atoms with Gasteiger partial charge in [0.05, 0.1) is 60.6 Å². The molecule has 0 unspecified atom stereocenters. The zero-order valence-electron chi connectivity index (χ0n) is 33.7. The van der Waals surface area contributed by atoms with Crippen molar-refractivity contribution >= 4 is 29.8 Å². The molecular formula is C42H40F9N5O7. The second-order valence-electron chi connectivity index (χ2n) is 14.6. The van der Waals surface area contributed by atoms with Crippen LogP contribution in [0.5, 0.6) is 5.75 Å². The molecule has 4 atom stereocenters. The molecule has 2 aliphatic rings. The van der Waals surface area contributed by atoms with Gasteiger partial charge in [0.1, 0.15) is 18.8 Å². The number of benzene rings is 3.